The van der Waals surface area contributed by atoms with Crippen molar-refractivity contribution in [3.05, 3.63) is 21.9 Å². The highest BCUT2D eigenvalue weighted by Crippen LogP contribution is 2.14. The molecule has 2 amide bonds. The Hall–Kier alpha value is -1.11. The van der Waals surface area contributed by atoms with E-state index in [0.717, 1.165) is 45.8 Å². The van der Waals surface area contributed by atoms with Crippen LogP contribution in [0.1, 0.15) is 16.2 Å². The number of carbonyl (C=O) groups is 1. The number of aryl methyl sites for hydroxylation is 1. The SMILES string of the molecule is COCCN1CCCN(C(=O)NCc2ccc(C)s2)CC1. The van der Waals surface area contributed by atoms with Crippen LogP contribution in [-0.2, 0) is 11.3 Å². The summed E-state index contributed by atoms with van der Waals surface area (Å²) in [4.78, 5) is 19.0. The number of hydrogen-bond acceptors (Lipinski definition) is 4. The lowest BCUT2D eigenvalue weighted by Crippen LogP contribution is -2.41. The number of nitrogens with one attached hydrogen (secondary N) is 1. The monoisotopic (exact) mass is 311 g/mol. The Morgan fingerprint density at radius 1 is 1.33 bits per heavy atom. The van der Waals surface area contributed by atoms with Gasteiger partial charge in [-0.1, -0.05) is 0 Å². The van der Waals surface area contributed by atoms with Crippen LogP contribution in [0.15, 0.2) is 12.1 Å². The molecule has 1 saturated heterocycles. The van der Waals surface area contributed by atoms with E-state index < -0.39 is 0 Å². The molecular formula is C15H25N3O2S. The zero-order valence-electron chi connectivity index (χ0n) is 12.9. The predicted octanol–water partition coefficient (Wildman–Crippen LogP) is 1.92. The minimum absolute atomic E-state index is 0.0506. The molecule has 1 aliphatic heterocycles. The van der Waals surface area contributed by atoms with E-state index in [0.29, 0.717) is 6.54 Å². The number of carbonyl (C=O) groups excluding carboxylic acids is 1. The second-order valence-corrected chi connectivity index (χ2v) is 6.72. The van der Waals surface area contributed by atoms with Gasteiger partial charge in [0.1, 0.15) is 0 Å². The average molecular weight is 311 g/mol. The summed E-state index contributed by atoms with van der Waals surface area (Å²) in [6.45, 7) is 7.99. The van der Waals surface area contributed by atoms with E-state index in [-0.39, 0.29) is 6.03 Å². The molecule has 6 heteroatoms. The minimum Gasteiger partial charge on any atom is -0.383 e. The highest BCUT2D eigenvalue weighted by atomic mass is 32.1. The fourth-order valence-electron chi connectivity index (χ4n) is 2.47. The molecule has 0 bridgehead atoms. The largest absolute Gasteiger partial charge is 0.383 e. The maximum atomic E-state index is 12.2. The van der Waals surface area contributed by atoms with Crippen molar-refractivity contribution in [3.8, 4) is 0 Å². The summed E-state index contributed by atoms with van der Waals surface area (Å²) in [5.74, 6) is 0. The van der Waals surface area contributed by atoms with Crippen molar-refractivity contribution in [2.24, 2.45) is 0 Å². The molecule has 0 atom stereocenters. The molecule has 2 rings (SSSR count). The number of thiophene rings is 1. The Labute approximate surface area is 130 Å². The van der Waals surface area contributed by atoms with Gasteiger partial charge in [0.2, 0.25) is 0 Å². The smallest absolute Gasteiger partial charge is 0.317 e. The fourth-order valence-corrected chi connectivity index (χ4v) is 3.30. The lowest BCUT2D eigenvalue weighted by molar-refractivity contribution is 0.149. The van der Waals surface area contributed by atoms with Crippen LogP contribution in [0.2, 0.25) is 0 Å². The van der Waals surface area contributed by atoms with Gasteiger partial charge < -0.3 is 15.0 Å². The van der Waals surface area contributed by atoms with Crippen molar-refractivity contribution < 1.29 is 9.53 Å². The van der Waals surface area contributed by atoms with E-state index in [1.54, 1.807) is 18.4 Å². The number of methoxy groups -OCH3 is 1. The number of amides is 2. The normalized spacial score (nSPS) is 16.8. The number of hydrogen-bond donors (Lipinski definition) is 1. The highest BCUT2D eigenvalue weighted by molar-refractivity contribution is 7.11. The zero-order valence-corrected chi connectivity index (χ0v) is 13.7. The summed E-state index contributed by atoms with van der Waals surface area (Å²) < 4.78 is 5.12. The van der Waals surface area contributed by atoms with Gasteiger partial charge in [-0.3, -0.25) is 4.90 Å². The van der Waals surface area contributed by atoms with Crippen molar-refractivity contribution >= 4 is 17.4 Å². The summed E-state index contributed by atoms with van der Waals surface area (Å²) in [6.07, 6.45) is 1.02. The van der Waals surface area contributed by atoms with Gasteiger partial charge in [0.15, 0.2) is 0 Å². The molecule has 1 aliphatic rings. The van der Waals surface area contributed by atoms with Crippen molar-refractivity contribution in [3.63, 3.8) is 0 Å². The van der Waals surface area contributed by atoms with Gasteiger partial charge in [-0.05, 0) is 32.0 Å². The molecule has 1 N–H and O–H groups in total. The van der Waals surface area contributed by atoms with E-state index in [2.05, 4.69) is 29.3 Å². The van der Waals surface area contributed by atoms with Gasteiger partial charge in [0, 0.05) is 43.0 Å². The summed E-state index contributed by atoms with van der Waals surface area (Å²) in [7, 11) is 1.73. The molecule has 1 aromatic heterocycles. The lowest BCUT2D eigenvalue weighted by atomic mass is 10.4. The van der Waals surface area contributed by atoms with Gasteiger partial charge in [0.05, 0.1) is 13.2 Å². The zero-order chi connectivity index (χ0) is 15.1. The Kier molecular flexibility index (Phi) is 6.48. The first kappa shape index (κ1) is 16.3. The van der Waals surface area contributed by atoms with Crippen molar-refractivity contribution in [2.75, 3.05) is 46.4 Å². The standard InChI is InChI=1S/C15H25N3O2S/c1-13-4-5-14(21-13)12-16-15(19)18-7-3-6-17(8-9-18)10-11-20-2/h4-5H,3,6-12H2,1-2H3,(H,16,19). The summed E-state index contributed by atoms with van der Waals surface area (Å²) in [6, 6.07) is 4.22. The summed E-state index contributed by atoms with van der Waals surface area (Å²) in [5.41, 5.74) is 0. The lowest BCUT2D eigenvalue weighted by Gasteiger charge is -2.22. The quantitative estimate of drug-likeness (QED) is 0.903. The average Bonchev–Trinajstić information content (AvgIpc) is 2.75. The van der Waals surface area contributed by atoms with Gasteiger partial charge in [-0.2, -0.15) is 0 Å². The molecule has 0 unspecified atom stereocenters. The Balaban J connectivity index is 1.74. The second kappa shape index (κ2) is 8.36. The van der Waals surface area contributed by atoms with Crippen LogP contribution >= 0.6 is 11.3 Å². The highest BCUT2D eigenvalue weighted by Gasteiger charge is 2.18. The first-order chi connectivity index (χ1) is 10.2. The molecule has 21 heavy (non-hydrogen) atoms. The molecule has 1 fully saturated rings. The van der Waals surface area contributed by atoms with Crippen molar-refractivity contribution in [2.45, 2.75) is 19.9 Å². The van der Waals surface area contributed by atoms with E-state index in [9.17, 15) is 4.79 Å². The van der Waals surface area contributed by atoms with Crippen LogP contribution in [0.25, 0.3) is 0 Å². The number of rotatable bonds is 5. The van der Waals surface area contributed by atoms with Gasteiger partial charge in [-0.15, -0.1) is 11.3 Å². The number of ether oxygens (including phenoxy) is 1. The van der Waals surface area contributed by atoms with Crippen molar-refractivity contribution in [1.82, 2.24) is 15.1 Å². The molecule has 0 spiro atoms. The van der Waals surface area contributed by atoms with E-state index in [1.807, 2.05) is 4.90 Å². The van der Waals surface area contributed by atoms with E-state index in [4.69, 9.17) is 4.74 Å². The van der Waals surface area contributed by atoms with Gasteiger partial charge >= 0.3 is 6.03 Å². The number of nitrogens with zero attached hydrogens (tertiary/aromatic N) is 2. The molecule has 0 aromatic carbocycles. The summed E-state index contributed by atoms with van der Waals surface area (Å²) in [5, 5.41) is 3.02. The molecule has 1 aromatic rings. The van der Waals surface area contributed by atoms with E-state index in [1.165, 1.54) is 9.75 Å². The van der Waals surface area contributed by atoms with Crippen LogP contribution in [0.5, 0.6) is 0 Å². The first-order valence-corrected chi connectivity index (χ1v) is 8.30. The van der Waals surface area contributed by atoms with Crippen LogP contribution in [-0.4, -0.2) is 62.3 Å². The summed E-state index contributed by atoms with van der Waals surface area (Å²) >= 11 is 1.73. The molecule has 0 aliphatic carbocycles. The fraction of sp³-hybridized carbons (Fsp3) is 0.667. The van der Waals surface area contributed by atoms with Crippen LogP contribution in [0.3, 0.4) is 0 Å². The third-order valence-corrected chi connectivity index (χ3v) is 4.70. The molecule has 2 heterocycles. The molecule has 118 valence electrons. The van der Waals surface area contributed by atoms with Gasteiger partial charge in [0.25, 0.3) is 0 Å². The third kappa shape index (κ3) is 5.30. The maximum absolute atomic E-state index is 12.2. The molecule has 0 radical (unpaired) electrons. The topological polar surface area (TPSA) is 44.8 Å². The first-order valence-electron chi connectivity index (χ1n) is 7.48. The Morgan fingerprint density at radius 3 is 2.90 bits per heavy atom. The van der Waals surface area contributed by atoms with Crippen molar-refractivity contribution in [1.29, 1.82) is 0 Å². The van der Waals surface area contributed by atoms with Crippen LogP contribution in [0.4, 0.5) is 4.79 Å². The second-order valence-electron chi connectivity index (χ2n) is 5.35. The van der Waals surface area contributed by atoms with Crippen LogP contribution < -0.4 is 5.32 Å². The Morgan fingerprint density at radius 2 is 2.19 bits per heavy atom. The Bertz CT molecular complexity index is 450. The maximum Gasteiger partial charge on any atom is 0.317 e. The molecule has 0 saturated carbocycles. The minimum atomic E-state index is 0.0506. The van der Waals surface area contributed by atoms with Crippen LogP contribution in [0, 0.1) is 6.92 Å². The third-order valence-electron chi connectivity index (χ3n) is 3.70. The predicted molar refractivity (Wildman–Crippen MR) is 85.8 cm³/mol. The van der Waals surface area contributed by atoms with E-state index >= 15 is 0 Å². The number of urea groups is 1. The molecule has 5 nitrogen and oxygen atoms in total. The van der Waals surface area contributed by atoms with Gasteiger partial charge in [-0.25, -0.2) is 4.79 Å². The molecular weight excluding hydrogens is 286 g/mol.